The van der Waals surface area contributed by atoms with Crippen molar-refractivity contribution in [2.45, 2.75) is 46.1 Å². The van der Waals surface area contributed by atoms with Crippen molar-refractivity contribution in [3.05, 3.63) is 11.6 Å². The molecule has 1 aromatic rings. The lowest BCUT2D eigenvalue weighted by molar-refractivity contribution is 0.540. The molecule has 74 valence electrons. The van der Waals surface area contributed by atoms with Crippen molar-refractivity contribution < 1.29 is 4.39 Å². The lowest BCUT2D eigenvalue weighted by Gasteiger charge is -2.02. The first-order valence-electron chi connectivity index (χ1n) is 4.87. The van der Waals surface area contributed by atoms with Gasteiger partial charge in [0.2, 0.25) is 0 Å². The fourth-order valence-electron chi connectivity index (χ4n) is 1.28. The van der Waals surface area contributed by atoms with Crippen LogP contribution in [-0.4, -0.2) is 15.0 Å². The SMILES string of the molecule is CCCCc1c(F)nnn1CCC. The van der Waals surface area contributed by atoms with E-state index in [-0.39, 0.29) is 0 Å². The number of aromatic nitrogens is 3. The minimum Gasteiger partial charge on any atom is -0.246 e. The van der Waals surface area contributed by atoms with Crippen molar-refractivity contribution in [3.63, 3.8) is 0 Å². The molecule has 0 saturated carbocycles. The van der Waals surface area contributed by atoms with Crippen LogP contribution in [0.1, 0.15) is 38.8 Å². The highest BCUT2D eigenvalue weighted by Crippen LogP contribution is 2.08. The molecule has 0 aliphatic carbocycles. The molecule has 0 atom stereocenters. The summed E-state index contributed by atoms with van der Waals surface area (Å²) in [7, 11) is 0. The van der Waals surface area contributed by atoms with Crippen molar-refractivity contribution in [2.75, 3.05) is 0 Å². The van der Waals surface area contributed by atoms with E-state index in [4.69, 9.17) is 0 Å². The molecule has 3 nitrogen and oxygen atoms in total. The molecule has 1 rings (SSSR count). The first-order chi connectivity index (χ1) is 6.29. The molecule has 0 saturated heterocycles. The molecule has 0 aliphatic heterocycles. The van der Waals surface area contributed by atoms with Gasteiger partial charge in [0.05, 0.1) is 5.69 Å². The van der Waals surface area contributed by atoms with E-state index in [1.165, 1.54) is 0 Å². The summed E-state index contributed by atoms with van der Waals surface area (Å²) < 4.78 is 14.7. The van der Waals surface area contributed by atoms with Crippen molar-refractivity contribution >= 4 is 0 Å². The fourth-order valence-corrected chi connectivity index (χ4v) is 1.28. The van der Waals surface area contributed by atoms with Crippen molar-refractivity contribution in [1.82, 2.24) is 15.0 Å². The van der Waals surface area contributed by atoms with Crippen LogP contribution in [0.5, 0.6) is 0 Å². The predicted octanol–water partition coefficient (Wildman–Crippen LogP) is 2.17. The maximum Gasteiger partial charge on any atom is 0.255 e. The monoisotopic (exact) mass is 185 g/mol. The molecule has 0 aliphatic rings. The quantitative estimate of drug-likeness (QED) is 0.703. The minimum absolute atomic E-state index is 0.401. The number of hydrogen-bond acceptors (Lipinski definition) is 2. The zero-order valence-electron chi connectivity index (χ0n) is 8.26. The van der Waals surface area contributed by atoms with Crippen LogP contribution < -0.4 is 0 Å². The van der Waals surface area contributed by atoms with Gasteiger partial charge in [-0.05, 0) is 19.3 Å². The average molecular weight is 185 g/mol. The second-order valence-electron chi connectivity index (χ2n) is 3.15. The Hall–Kier alpha value is -0.930. The van der Waals surface area contributed by atoms with Gasteiger partial charge in [-0.1, -0.05) is 30.6 Å². The summed E-state index contributed by atoms with van der Waals surface area (Å²) in [6.45, 7) is 4.89. The average Bonchev–Trinajstić information content (AvgIpc) is 2.45. The van der Waals surface area contributed by atoms with E-state index in [1.807, 2.05) is 6.92 Å². The van der Waals surface area contributed by atoms with Gasteiger partial charge >= 0.3 is 0 Å². The Kier molecular flexibility index (Phi) is 3.86. The Morgan fingerprint density at radius 1 is 1.31 bits per heavy atom. The molecular formula is C9H16FN3. The smallest absolute Gasteiger partial charge is 0.246 e. The second-order valence-corrected chi connectivity index (χ2v) is 3.15. The van der Waals surface area contributed by atoms with Crippen LogP contribution in [0.15, 0.2) is 0 Å². The maximum atomic E-state index is 13.1. The van der Waals surface area contributed by atoms with Crippen LogP contribution in [0.3, 0.4) is 0 Å². The largest absolute Gasteiger partial charge is 0.255 e. The normalized spacial score (nSPS) is 10.7. The molecule has 0 amide bonds. The van der Waals surface area contributed by atoms with Gasteiger partial charge < -0.3 is 0 Å². The number of halogens is 1. The third-order valence-electron chi connectivity index (χ3n) is 1.99. The second kappa shape index (κ2) is 4.94. The summed E-state index contributed by atoms with van der Waals surface area (Å²) >= 11 is 0. The van der Waals surface area contributed by atoms with Crippen LogP contribution in [0.4, 0.5) is 4.39 Å². The Labute approximate surface area is 77.9 Å². The number of unbranched alkanes of at least 4 members (excludes halogenated alkanes) is 1. The zero-order chi connectivity index (χ0) is 9.68. The highest BCUT2D eigenvalue weighted by Gasteiger charge is 2.10. The molecule has 0 N–H and O–H groups in total. The van der Waals surface area contributed by atoms with Crippen molar-refractivity contribution in [3.8, 4) is 0 Å². The summed E-state index contributed by atoms with van der Waals surface area (Å²) in [6.07, 6.45) is 3.77. The molecule has 1 aromatic heterocycles. The molecule has 0 spiro atoms. The van der Waals surface area contributed by atoms with Crippen LogP contribution in [0.2, 0.25) is 0 Å². The Balaban J connectivity index is 2.69. The van der Waals surface area contributed by atoms with Gasteiger partial charge in [-0.2, -0.15) is 4.39 Å². The Morgan fingerprint density at radius 3 is 2.69 bits per heavy atom. The fraction of sp³-hybridized carbons (Fsp3) is 0.778. The van der Waals surface area contributed by atoms with Gasteiger partial charge in [0.1, 0.15) is 0 Å². The first kappa shape index (κ1) is 10.2. The molecule has 0 radical (unpaired) electrons. The van der Waals surface area contributed by atoms with Gasteiger partial charge in [-0.3, -0.25) is 0 Å². The van der Waals surface area contributed by atoms with Crippen LogP contribution in [0.25, 0.3) is 0 Å². The van der Waals surface area contributed by atoms with Crippen molar-refractivity contribution in [2.24, 2.45) is 0 Å². The van der Waals surface area contributed by atoms with E-state index in [2.05, 4.69) is 17.2 Å². The number of rotatable bonds is 5. The van der Waals surface area contributed by atoms with E-state index in [0.717, 1.165) is 32.2 Å². The third-order valence-corrected chi connectivity index (χ3v) is 1.99. The first-order valence-corrected chi connectivity index (χ1v) is 4.87. The highest BCUT2D eigenvalue weighted by molar-refractivity contribution is 4.97. The summed E-state index contributed by atoms with van der Waals surface area (Å²) in [5, 5.41) is 7.18. The van der Waals surface area contributed by atoms with Gasteiger partial charge in [0.15, 0.2) is 0 Å². The number of aryl methyl sites for hydroxylation is 1. The highest BCUT2D eigenvalue weighted by atomic mass is 19.1. The molecule has 4 heteroatoms. The lowest BCUT2D eigenvalue weighted by Crippen LogP contribution is -2.05. The predicted molar refractivity (Wildman–Crippen MR) is 48.9 cm³/mol. The summed E-state index contributed by atoms with van der Waals surface area (Å²) in [6, 6.07) is 0. The van der Waals surface area contributed by atoms with E-state index < -0.39 is 5.95 Å². The van der Waals surface area contributed by atoms with Gasteiger partial charge in [-0.15, -0.1) is 0 Å². The summed E-state index contributed by atoms with van der Waals surface area (Å²) in [5.74, 6) is -0.401. The molecule has 1 heterocycles. The summed E-state index contributed by atoms with van der Waals surface area (Å²) in [4.78, 5) is 0. The van der Waals surface area contributed by atoms with Crippen LogP contribution in [0, 0.1) is 5.95 Å². The van der Waals surface area contributed by atoms with E-state index in [1.54, 1.807) is 4.68 Å². The van der Waals surface area contributed by atoms with Gasteiger partial charge in [-0.25, -0.2) is 4.68 Å². The Morgan fingerprint density at radius 2 is 2.08 bits per heavy atom. The van der Waals surface area contributed by atoms with E-state index in [9.17, 15) is 4.39 Å². The number of hydrogen-bond donors (Lipinski definition) is 0. The van der Waals surface area contributed by atoms with Crippen LogP contribution >= 0.6 is 0 Å². The topological polar surface area (TPSA) is 30.7 Å². The minimum atomic E-state index is -0.401. The van der Waals surface area contributed by atoms with E-state index >= 15 is 0 Å². The van der Waals surface area contributed by atoms with E-state index in [0.29, 0.717) is 5.69 Å². The molecule has 0 bridgehead atoms. The summed E-state index contributed by atoms with van der Waals surface area (Å²) in [5.41, 5.74) is 0.656. The van der Waals surface area contributed by atoms with Crippen LogP contribution in [-0.2, 0) is 13.0 Å². The standard InChI is InChI=1S/C9H16FN3/c1-3-5-6-8-9(10)11-12-13(8)7-4-2/h3-7H2,1-2H3. The number of nitrogens with zero attached hydrogens (tertiary/aromatic N) is 3. The zero-order valence-corrected chi connectivity index (χ0v) is 8.26. The van der Waals surface area contributed by atoms with Gasteiger partial charge in [0.25, 0.3) is 5.95 Å². The molecule has 0 aromatic carbocycles. The Bertz CT molecular complexity index is 257. The molecular weight excluding hydrogens is 169 g/mol. The van der Waals surface area contributed by atoms with Gasteiger partial charge in [0, 0.05) is 6.54 Å². The third kappa shape index (κ3) is 2.50. The molecule has 0 unspecified atom stereocenters. The molecule has 13 heavy (non-hydrogen) atoms. The molecule has 0 fully saturated rings. The maximum absolute atomic E-state index is 13.1. The lowest BCUT2D eigenvalue weighted by atomic mass is 10.2. The van der Waals surface area contributed by atoms with Crippen molar-refractivity contribution in [1.29, 1.82) is 0 Å².